The summed E-state index contributed by atoms with van der Waals surface area (Å²) in [5.74, 6) is 2.33. The molecule has 1 heterocycles. The average Bonchev–Trinajstić information content (AvgIpc) is 2.37. The lowest BCUT2D eigenvalue weighted by molar-refractivity contribution is -0.138. The predicted octanol–water partition coefficient (Wildman–Crippen LogP) is -0.397. The fraction of sp³-hybridized carbons (Fsp3) is 0.750. The molecule has 5 heteroatoms. The third kappa shape index (κ3) is 5.18. The van der Waals surface area contributed by atoms with Crippen LogP contribution in [-0.2, 0) is 14.3 Å². The van der Waals surface area contributed by atoms with Crippen LogP contribution in [0.3, 0.4) is 0 Å². The van der Waals surface area contributed by atoms with E-state index in [0.29, 0.717) is 26.2 Å². The highest BCUT2D eigenvalue weighted by Crippen LogP contribution is 2.13. The average molecular weight is 240 g/mol. The van der Waals surface area contributed by atoms with Crippen LogP contribution in [0, 0.1) is 12.3 Å². The molecule has 1 amide bonds. The quantitative estimate of drug-likeness (QED) is 0.507. The number of terminal acetylenes is 1. The van der Waals surface area contributed by atoms with Crippen LogP contribution in [0.5, 0.6) is 0 Å². The lowest BCUT2D eigenvalue weighted by atomic mass is 10.1. The lowest BCUT2D eigenvalue weighted by Gasteiger charge is -2.31. The van der Waals surface area contributed by atoms with Gasteiger partial charge in [-0.05, 0) is 12.8 Å². The Kier molecular flexibility index (Phi) is 6.63. The number of carbonyl (C=O) groups excluding carboxylic acids is 1. The number of ether oxygens (including phenoxy) is 2. The van der Waals surface area contributed by atoms with E-state index in [0.717, 1.165) is 12.8 Å². The summed E-state index contributed by atoms with van der Waals surface area (Å²) in [6.07, 6.45) is 6.99. The summed E-state index contributed by atoms with van der Waals surface area (Å²) in [7, 11) is 0. The summed E-state index contributed by atoms with van der Waals surface area (Å²) in [6.45, 7) is 2.81. The molecular weight excluding hydrogens is 220 g/mol. The molecule has 0 aromatic carbocycles. The van der Waals surface area contributed by atoms with Gasteiger partial charge in [0.15, 0.2) is 0 Å². The fourth-order valence-electron chi connectivity index (χ4n) is 1.80. The minimum Gasteiger partial charge on any atom is -0.377 e. The SMILES string of the molecule is C#CCOCC(=O)N1CCC(OCCN)CC1. The number of hydrogen-bond acceptors (Lipinski definition) is 4. The summed E-state index contributed by atoms with van der Waals surface area (Å²) in [4.78, 5) is 13.5. The van der Waals surface area contributed by atoms with Crippen molar-refractivity contribution >= 4 is 5.91 Å². The maximum atomic E-state index is 11.7. The smallest absolute Gasteiger partial charge is 0.248 e. The van der Waals surface area contributed by atoms with Crippen molar-refractivity contribution in [3.05, 3.63) is 0 Å². The number of rotatable bonds is 6. The number of likely N-dealkylation sites (tertiary alicyclic amines) is 1. The first kappa shape index (κ1) is 14.0. The molecule has 96 valence electrons. The first-order chi connectivity index (χ1) is 8.27. The van der Waals surface area contributed by atoms with Gasteiger partial charge in [-0.2, -0.15) is 0 Å². The molecule has 0 radical (unpaired) electrons. The van der Waals surface area contributed by atoms with Crippen molar-refractivity contribution in [1.82, 2.24) is 4.90 Å². The maximum Gasteiger partial charge on any atom is 0.248 e. The van der Waals surface area contributed by atoms with Crippen molar-refractivity contribution in [3.8, 4) is 12.3 Å². The zero-order valence-electron chi connectivity index (χ0n) is 10.1. The van der Waals surface area contributed by atoms with E-state index in [9.17, 15) is 4.79 Å². The molecule has 1 saturated heterocycles. The van der Waals surface area contributed by atoms with Crippen molar-refractivity contribution in [3.63, 3.8) is 0 Å². The van der Waals surface area contributed by atoms with E-state index in [-0.39, 0.29) is 25.2 Å². The maximum absolute atomic E-state index is 11.7. The molecule has 1 rings (SSSR count). The highest BCUT2D eigenvalue weighted by molar-refractivity contribution is 5.77. The number of nitrogens with two attached hydrogens (primary N) is 1. The molecule has 17 heavy (non-hydrogen) atoms. The van der Waals surface area contributed by atoms with Crippen molar-refractivity contribution in [2.75, 3.05) is 39.5 Å². The highest BCUT2D eigenvalue weighted by atomic mass is 16.5. The molecule has 0 aromatic rings. The monoisotopic (exact) mass is 240 g/mol. The second kappa shape index (κ2) is 8.07. The largest absolute Gasteiger partial charge is 0.377 e. The second-order valence-electron chi connectivity index (χ2n) is 3.94. The molecule has 0 saturated carbocycles. The zero-order chi connectivity index (χ0) is 12.5. The van der Waals surface area contributed by atoms with Gasteiger partial charge in [0.05, 0.1) is 12.7 Å². The second-order valence-corrected chi connectivity index (χ2v) is 3.94. The van der Waals surface area contributed by atoms with E-state index < -0.39 is 0 Å². The molecule has 0 atom stereocenters. The molecule has 0 spiro atoms. The van der Waals surface area contributed by atoms with Crippen LogP contribution in [0.2, 0.25) is 0 Å². The number of nitrogens with zero attached hydrogens (tertiary/aromatic N) is 1. The molecule has 1 aliphatic heterocycles. The Morgan fingerprint density at radius 1 is 1.47 bits per heavy atom. The van der Waals surface area contributed by atoms with Gasteiger partial charge in [-0.25, -0.2) is 0 Å². The van der Waals surface area contributed by atoms with Crippen LogP contribution < -0.4 is 5.73 Å². The minimum atomic E-state index is -0.00229. The Morgan fingerprint density at radius 3 is 2.76 bits per heavy atom. The fourth-order valence-corrected chi connectivity index (χ4v) is 1.80. The number of amides is 1. The van der Waals surface area contributed by atoms with E-state index >= 15 is 0 Å². The first-order valence-electron chi connectivity index (χ1n) is 5.88. The lowest BCUT2D eigenvalue weighted by Crippen LogP contribution is -2.42. The van der Waals surface area contributed by atoms with Crippen LogP contribution in [0.15, 0.2) is 0 Å². The van der Waals surface area contributed by atoms with Crippen molar-refractivity contribution in [2.45, 2.75) is 18.9 Å². The molecule has 1 fully saturated rings. The summed E-state index contributed by atoms with van der Waals surface area (Å²) in [5.41, 5.74) is 5.37. The standard InChI is InChI=1S/C12H20N2O3/c1-2-8-16-10-12(15)14-6-3-11(4-7-14)17-9-5-13/h1,11H,3-10,13H2. The van der Waals surface area contributed by atoms with Gasteiger partial charge in [0.2, 0.25) is 5.91 Å². The molecule has 2 N–H and O–H groups in total. The van der Waals surface area contributed by atoms with E-state index in [1.807, 2.05) is 0 Å². The molecule has 1 aliphatic rings. The molecule has 5 nitrogen and oxygen atoms in total. The van der Waals surface area contributed by atoms with Gasteiger partial charge in [-0.1, -0.05) is 5.92 Å². The van der Waals surface area contributed by atoms with Gasteiger partial charge < -0.3 is 20.1 Å². The van der Waals surface area contributed by atoms with Gasteiger partial charge in [-0.15, -0.1) is 6.42 Å². The van der Waals surface area contributed by atoms with Crippen molar-refractivity contribution in [1.29, 1.82) is 0 Å². The van der Waals surface area contributed by atoms with Crippen LogP contribution in [-0.4, -0.2) is 56.4 Å². The molecule has 0 unspecified atom stereocenters. The normalized spacial score (nSPS) is 16.8. The van der Waals surface area contributed by atoms with Crippen LogP contribution in [0.25, 0.3) is 0 Å². The van der Waals surface area contributed by atoms with Gasteiger partial charge in [0, 0.05) is 19.6 Å². The van der Waals surface area contributed by atoms with Gasteiger partial charge in [0.1, 0.15) is 13.2 Å². The Morgan fingerprint density at radius 2 is 2.18 bits per heavy atom. The molecule has 0 aromatic heterocycles. The summed E-state index contributed by atoms with van der Waals surface area (Å²) < 4.78 is 10.6. The summed E-state index contributed by atoms with van der Waals surface area (Å²) >= 11 is 0. The zero-order valence-corrected chi connectivity index (χ0v) is 10.1. The Balaban J connectivity index is 2.17. The highest BCUT2D eigenvalue weighted by Gasteiger charge is 2.22. The van der Waals surface area contributed by atoms with Crippen LogP contribution in [0.4, 0.5) is 0 Å². The van der Waals surface area contributed by atoms with Crippen LogP contribution >= 0.6 is 0 Å². The van der Waals surface area contributed by atoms with Gasteiger partial charge >= 0.3 is 0 Å². The van der Waals surface area contributed by atoms with E-state index in [1.54, 1.807) is 4.90 Å². The van der Waals surface area contributed by atoms with Crippen molar-refractivity contribution in [2.24, 2.45) is 5.73 Å². The predicted molar refractivity (Wildman–Crippen MR) is 64.3 cm³/mol. The molecule has 0 bridgehead atoms. The number of piperidine rings is 1. The Hall–Kier alpha value is -1.09. The number of hydrogen-bond donors (Lipinski definition) is 1. The topological polar surface area (TPSA) is 64.8 Å². The van der Waals surface area contributed by atoms with E-state index in [4.69, 9.17) is 21.6 Å². The molecular formula is C12H20N2O3. The Labute approximate surface area is 102 Å². The van der Waals surface area contributed by atoms with E-state index in [2.05, 4.69) is 5.92 Å². The van der Waals surface area contributed by atoms with Crippen molar-refractivity contribution < 1.29 is 14.3 Å². The number of carbonyl (C=O) groups is 1. The van der Waals surface area contributed by atoms with Gasteiger partial charge in [-0.3, -0.25) is 4.79 Å². The third-order valence-corrected chi connectivity index (χ3v) is 2.68. The minimum absolute atomic E-state index is 0.00229. The third-order valence-electron chi connectivity index (χ3n) is 2.68. The Bertz CT molecular complexity index is 267. The van der Waals surface area contributed by atoms with E-state index in [1.165, 1.54) is 0 Å². The first-order valence-corrected chi connectivity index (χ1v) is 5.88. The summed E-state index contributed by atoms with van der Waals surface area (Å²) in [5, 5.41) is 0. The molecule has 0 aliphatic carbocycles. The summed E-state index contributed by atoms with van der Waals surface area (Å²) in [6, 6.07) is 0. The van der Waals surface area contributed by atoms with Crippen LogP contribution in [0.1, 0.15) is 12.8 Å². The van der Waals surface area contributed by atoms with Gasteiger partial charge in [0.25, 0.3) is 0 Å².